The molecule has 3 nitrogen and oxygen atoms in total. The maximum atomic E-state index is 9.69. The minimum atomic E-state index is -0.378. The Kier molecular flexibility index (Phi) is 13.9. The molecule has 2 atom stereocenters. The zero-order valence-corrected chi connectivity index (χ0v) is 16.8. The summed E-state index contributed by atoms with van der Waals surface area (Å²) in [6.45, 7) is 4.91. The normalized spacial score (nSPS) is 19.2. The molecule has 0 aliphatic carbocycles. The van der Waals surface area contributed by atoms with Crippen molar-refractivity contribution in [3.63, 3.8) is 0 Å². The summed E-state index contributed by atoms with van der Waals surface area (Å²) in [6.07, 6.45) is 25.0. The van der Waals surface area contributed by atoms with Crippen LogP contribution in [0.15, 0.2) is 17.1 Å². The molecule has 0 aromatic carbocycles. The molecule has 0 saturated carbocycles. The molecule has 25 heavy (non-hydrogen) atoms. The van der Waals surface area contributed by atoms with Crippen molar-refractivity contribution in [2.75, 3.05) is 6.54 Å². The highest BCUT2D eigenvalue weighted by Gasteiger charge is 2.23. The fourth-order valence-electron chi connectivity index (χ4n) is 3.51. The van der Waals surface area contributed by atoms with Crippen LogP contribution in [-0.4, -0.2) is 35.2 Å². The predicted molar refractivity (Wildman–Crippen MR) is 110 cm³/mol. The number of aliphatic hydroxyl groups is 1. The number of unbranched alkanes of at least 4 members (excludes halogenated alkanes) is 11. The maximum absolute atomic E-state index is 9.69. The van der Waals surface area contributed by atoms with Crippen LogP contribution in [0.3, 0.4) is 0 Å². The van der Waals surface area contributed by atoms with Gasteiger partial charge in [-0.1, -0.05) is 70.4 Å². The van der Waals surface area contributed by atoms with Crippen molar-refractivity contribution in [3.8, 4) is 0 Å². The third-order valence-electron chi connectivity index (χ3n) is 5.16. The summed E-state index contributed by atoms with van der Waals surface area (Å²) >= 11 is 0. The van der Waals surface area contributed by atoms with Gasteiger partial charge in [0.15, 0.2) is 0 Å². The lowest BCUT2D eigenvalue weighted by Gasteiger charge is -2.25. The minimum Gasteiger partial charge on any atom is -0.379 e. The van der Waals surface area contributed by atoms with E-state index >= 15 is 0 Å². The summed E-state index contributed by atoms with van der Waals surface area (Å²) in [4.78, 5) is 6.54. The van der Waals surface area contributed by atoms with Crippen molar-refractivity contribution in [3.05, 3.63) is 12.2 Å². The second-order valence-electron chi connectivity index (χ2n) is 7.51. The van der Waals surface area contributed by atoms with Gasteiger partial charge in [-0.15, -0.1) is 0 Å². The van der Waals surface area contributed by atoms with Crippen LogP contribution in [0.1, 0.15) is 104 Å². The molecule has 146 valence electrons. The molecule has 0 bridgehead atoms. The van der Waals surface area contributed by atoms with E-state index in [2.05, 4.69) is 29.0 Å². The first-order valence-corrected chi connectivity index (χ1v) is 10.9. The van der Waals surface area contributed by atoms with Gasteiger partial charge in [0.25, 0.3) is 0 Å². The molecule has 0 radical (unpaired) electrons. The Morgan fingerprint density at radius 3 is 2.12 bits per heavy atom. The third-order valence-corrected chi connectivity index (χ3v) is 5.16. The lowest BCUT2D eigenvalue weighted by Crippen LogP contribution is -2.37. The summed E-state index contributed by atoms with van der Waals surface area (Å²) in [5.41, 5.74) is 0. The highest BCUT2D eigenvalue weighted by Crippen LogP contribution is 2.17. The molecule has 0 fully saturated rings. The Labute approximate surface area is 156 Å². The molecule has 0 aromatic rings. The summed E-state index contributed by atoms with van der Waals surface area (Å²) in [7, 11) is 0. The largest absolute Gasteiger partial charge is 0.379 e. The Morgan fingerprint density at radius 1 is 0.960 bits per heavy atom. The van der Waals surface area contributed by atoms with E-state index in [1.165, 1.54) is 83.5 Å². The van der Waals surface area contributed by atoms with Crippen LogP contribution in [0.2, 0.25) is 0 Å². The molecule has 0 aromatic heterocycles. The monoisotopic (exact) mass is 350 g/mol. The average molecular weight is 351 g/mol. The summed E-state index contributed by atoms with van der Waals surface area (Å²) in [5, 5.41) is 9.69. The number of nitrogens with zero attached hydrogens (tertiary/aromatic N) is 2. The number of hydrogen-bond donors (Lipinski definition) is 1. The molecule has 1 N–H and O–H groups in total. The van der Waals surface area contributed by atoms with Crippen molar-refractivity contribution in [2.24, 2.45) is 4.99 Å². The maximum Gasteiger partial charge on any atom is 0.106 e. The first-order valence-electron chi connectivity index (χ1n) is 10.9. The highest BCUT2D eigenvalue weighted by atomic mass is 16.3. The second-order valence-corrected chi connectivity index (χ2v) is 7.51. The fourth-order valence-corrected chi connectivity index (χ4v) is 3.51. The Bertz CT molecular complexity index is 352. The Morgan fingerprint density at radius 2 is 1.52 bits per heavy atom. The molecule has 0 amide bonds. The molecule has 1 heterocycles. The number of aliphatic hydroxyl groups excluding tert-OH is 1. The van der Waals surface area contributed by atoms with E-state index in [9.17, 15) is 5.11 Å². The number of hydrogen-bond acceptors (Lipinski definition) is 3. The van der Waals surface area contributed by atoms with E-state index in [0.29, 0.717) is 0 Å². The van der Waals surface area contributed by atoms with E-state index in [0.717, 1.165) is 13.0 Å². The van der Waals surface area contributed by atoms with Gasteiger partial charge in [-0.3, -0.25) is 9.89 Å². The number of aliphatic imine (C=N–C) groups is 1. The van der Waals surface area contributed by atoms with Gasteiger partial charge >= 0.3 is 0 Å². The number of allylic oxidation sites excluding steroid dienone is 2. The van der Waals surface area contributed by atoms with Crippen LogP contribution >= 0.6 is 0 Å². The SMILES string of the molecule is CCCCCCC/C=C/CCCCCCCCC1N=CCN1C(C)O. The van der Waals surface area contributed by atoms with Crippen LogP contribution in [-0.2, 0) is 0 Å². The van der Waals surface area contributed by atoms with Crippen LogP contribution in [0, 0.1) is 0 Å². The standard InChI is InChI=1S/C22H42N2O/c1-3-4-5-6-7-8-9-10-11-12-13-14-15-16-17-18-22-23-19-20-24(22)21(2)25/h9-10,19,21-22,25H,3-8,11-18,20H2,1-2H3/b10-9+. The van der Waals surface area contributed by atoms with E-state index in [4.69, 9.17) is 0 Å². The third kappa shape index (κ3) is 11.5. The molecule has 0 saturated heterocycles. The predicted octanol–water partition coefficient (Wildman–Crippen LogP) is 6.07. The van der Waals surface area contributed by atoms with Crippen LogP contribution in [0.4, 0.5) is 0 Å². The van der Waals surface area contributed by atoms with Gasteiger partial charge in [-0.25, -0.2) is 0 Å². The van der Waals surface area contributed by atoms with Gasteiger partial charge in [0.2, 0.25) is 0 Å². The molecule has 2 unspecified atom stereocenters. The topological polar surface area (TPSA) is 35.8 Å². The number of rotatable bonds is 16. The molecule has 0 spiro atoms. The van der Waals surface area contributed by atoms with Gasteiger partial charge in [-0.2, -0.15) is 0 Å². The van der Waals surface area contributed by atoms with E-state index in [1.807, 2.05) is 13.1 Å². The quantitative estimate of drug-likeness (QED) is 0.271. The Balaban J connectivity index is 1.82. The van der Waals surface area contributed by atoms with Gasteiger partial charge in [-0.05, 0) is 45.4 Å². The molecular formula is C22H42N2O. The molecule has 1 rings (SSSR count). The lowest BCUT2D eigenvalue weighted by atomic mass is 10.1. The summed E-state index contributed by atoms with van der Waals surface area (Å²) < 4.78 is 0. The summed E-state index contributed by atoms with van der Waals surface area (Å²) in [6, 6.07) is 0. The molecule has 3 heteroatoms. The zero-order chi connectivity index (χ0) is 18.2. The molecule has 1 aliphatic heterocycles. The lowest BCUT2D eigenvalue weighted by molar-refractivity contribution is 0.00710. The van der Waals surface area contributed by atoms with Crippen molar-refractivity contribution in [1.29, 1.82) is 0 Å². The van der Waals surface area contributed by atoms with Gasteiger partial charge < -0.3 is 5.11 Å². The second kappa shape index (κ2) is 15.6. The van der Waals surface area contributed by atoms with Crippen molar-refractivity contribution >= 4 is 6.21 Å². The zero-order valence-electron chi connectivity index (χ0n) is 16.8. The van der Waals surface area contributed by atoms with Gasteiger partial charge in [0, 0.05) is 12.8 Å². The fraction of sp³-hybridized carbons (Fsp3) is 0.864. The van der Waals surface area contributed by atoms with E-state index < -0.39 is 0 Å². The van der Waals surface area contributed by atoms with Crippen molar-refractivity contribution < 1.29 is 5.11 Å². The molecular weight excluding hydrogens is 308 g/mol. The van der Waals surface area contributed by atoms with Crippen LogP contribution in [0.25, 0.3) is 0 Å². The van der Waals surface area contributed by atoms with E-state index in [-0.39, 0.29) is 12.4 Å². The highest BCUT2D eigenvalue weighted by molar-refractivity contribution is 5.62. The Hall–Kier alpha value is -0.670. The van der Waals surface area contributed by atoms with E-state index in [1.54, 1.807) is 0 Å². The molecule has 1 aliphatic rings. The average Bonchev–Trinajstić information content (AvgIpc) is 3.07. The van der Waals surface area contributed by atoms with Crippen LogP contribution < -0.4 is 0 Å². The minimum absolute atomic E-state index is 0.215. The van der Waals surface area contributed by atoms with Gasteiger partial charge in [0.1, 0.15) is 12.4 Å². The van der Waals surface area contributed by atoms with Crippen molar-refractivity contribution in [1.82, 2.24) is 4.90 Å². The first-order chi connectivity index (χ1) is 12.3. The van der Waals surface area contributed by atoms with Crippen molar-refractivity contribution in [2.45, 2.75) is 116 Å². The first kappa shape index (κ1) is 22.4. The smallest absolute Gasteiger partial charge is 0.106 e. The van der Waals surface area contributed by atoms with Crippen LogP contribution in [0.5, 0.6) is 0 Å². The summed E-state index contributed by atoms with van der Waals surface area (Å²) in [5.74, 6) is 0. The van der Waals surface area contributed by atoms with Gasteiger partial charge in [0.05, 0.1) is 0 Å².